The Balaban J connectivity index is 1.52. The molecule has 2 aromatic carbocycles. The van der Waals surface area contributed by atoms with E-state index in [1.165, 1.54) is 5.01 Å². The number of ether oxygens (including phenoxy) is 3. The molecule has 0 bridgehead atoms. The molecule has 4 rings (SSSR count). The van der Waals surface area contributed by atoms with Crippen molar-refractivity contribution in [2.45, 2.75) is 33.1 Å². The van der Waals surface area contributed by atoms with Crippen LogP contribution in [0.1, 0.15) is 37.3 Å². The minimum Gasteiger partial charge on any atom is -0.493 e. The predicted molar refractivity (Wildman–Crippen MR) is 139 cm³/mol. The smallest absolute Gasteiger partial charge is 0.282 e. The second-order valence-electron chi connectivity index (χ2n) is 8.88. The lowest BCUT2D eigenvalue weighted by molar-refractivity contribution is -0.135. The first-order valence-corrected chi connectivity index (χ1v) is 12.7. The highest BCUT2D eigenvalue weighted by atomic mass is 16.5. The van der Waals surface area contributed by atoms with Crippen molar-refractivity contribution < 1.29 is 28.6 Å². The maximum absolute atomic E-state index is 13.1. The number of carbonyl (C=O) groups excluding carboxylic acids is 3. The number of carbonyl (C=O) groups is 3. The number of amides is 3. The largest absolute Gasteiger partial charge is 0.493 e. The summed E-state index contributed by atoms with van der Waals surface area (Å²) in [4.78, 5) is 40.0. The van der Waals surface area contributed by atoms with E-state index in [1.807, 2.05) is 30.9 Å². The third-order valence-corrected chi connectivity index (χ3v) is 6.20. The van der Waals surface area contributed by atoms with Gasteiger partial charge in [0.1, 0.15) is 17.1 Å². The molecule has 0 radical (unpaired) electrons. The van der Waals surface area contributed by atoms with Crippen LogP contribution in [0, 0.1) is 6.92 Å². The standard InChI is InChI=1S/C28H33N3O6/c1-3-15-36-24-12-11-21(19-23-27(33)29-31(28(23)34)22-8-5-4-6-9-22)26(20(24)2)37-16-7-10-25(32)30-13-17-35-18-14-30/h4-6,8-9,11-12,19H,3,7,10,13-18H2,1-2H3,(H,29,33)/b23-19+. The van der Waals surface area contributed by atoms with Crippen molar-refractivity contribution in [3.63, 3.8) is 0 Å². The number of benzene rings is 2. The minimum absolute atomic E-state index is 0.0119. The summed E-state index contributed by atoms with van der Waals surface area (Å²) in [5, 5.41) is 1.23. The Morgan fingerprint density at radius 3 is 2.54 bits per heavy atom. The SMILES string of the molecule is CCCOc1ccc(/C=C2\C(=O)NN(c3ccccc3)C2=O)c(OCCCC(=O)N2CCOCC2)c1C. The monoisotopic (exact) mass is 507 g/mol. The van der Waals surface area contributed by atoms with Gasteiger partial charge in [-0.05, 0) is 50.1 Å². The highest BCUT2D eigenvalue weighted by molar-refractivity contribution is 6.31. The first-order chi connectivity index (χ1) is 18.0. The number of nitrogens with zero attached hydrogens (tertiary/aromatic N) is 2. The normalized spacial score (nSPS) is 16.8. The van der Waals surface area contributed by atoms with Crippen LogP contribution in [0.4, 0.5) is 5.69 Å². The molecule has 0 unspecified atom stereocenters. The van der Waals surface area contributed by atoms with Crippen molar-refractivity contribution in [1.29, 1.82) is 0 Å². The third-order valence-electron chi connectivity index (χ3n) is 6.20. The Labute approximate surface area is 216 Å². The number of hydrogen-bond acceptors (Lipinski definition) is 6. The summed E-state index contributed by atoms with van der Waals surface area (Å²) in [6.45, 7) is 7.14. The molecule has 3 amide bonds. The van der Waals surface area contributed by atoms with Gasteiger partial charge in [-0.15, -0.1) is 0 Å². The van der Waals surface area contributed by atoms with Gasteiger partial charge in [0.2, 0.25) is 5.91 Å². The van der Waals surface area contributed by atoms with Gasteiger partial charge in [-0.1, -0.05) is 25.1 Å². The van der Waals surface area contributed by atoms with Crippen LogP contribution in [0.5, 0.6) is 11.5 Å². The zero-order valence-corrected chi connectivity index (χ0v) is 21.3. The topological polar surface area (TPSA) is 97.4 Å². The fourth-order valence-electron chi connectivity index (χ4n) is 4.21. The van der Waals surface area contributed by atoms with Crippen LogP contribution in [0.25, 0.3) is 6.08 Å². The van der Waals surface area contributed by atoms with Gasteiger partial charge in [0, 0.05) is 30.6 Å². The van der Waals surface area contributed by atoms with Crippen LogP contribution in [0.3, 0.4) is 0 Å². The van der Waals surface area contributed by atoms with Gasteiger partial charge in [0.25, 0.3) is 11.8 Å². The van der Waals surface area contributed by atoms with Crippen molar-refractivity contribution in [3.05, 3.63) is 59.2 Å². The Hall–Kier alpha value is -3.85. The fraction of sp³-hybridized carbons (Fsp3) is 0.393. The van der Waals surface area contributed by atoms with E-state index in [0.29, 0.717) is 75.1 Å². The molecule has 2 aliphatic rings. The molecule has 2 fully saturated rings. The van der Waals surface area contributed by atoms with Crippen molar-refractivity contribution in [1.82, 2.24) is 10.3 Å². The summed E-state index contributed by atoms with van der Waals surface area (Å²) in [5.41, 5.74) is 4.57. The van der Waals surface area contributed by atoms with E-state index in [2.05, 4.69) is 5.43 Å². The molecule has 0 aromatic heterocycles. The first kappa shape index (κ1) is 26.2. The number of morpholine rings is 1. The molecule has 0 saturated carbocycles. The van der Waals surface area contributed by atoms with Gasteiger partial charge in [-0.3, -0.25) is 19.8 Å². The van der Waals surface area contributed by atoms with Crippen molar-refractivity contribution in [2.24, 2.45) is 0 Å². The lowest BCUT2D eigenvalue weighted by Crippen LogP contribution is -2.40. The number of hydrogen-bond donors (Lipinski definition) is 1. The average Bonchev–Trinajstić information content (AvgIpc) is 3.21. The van der Waals surface area contributed by atoms with Gasteiger partial charge in [-0.2, -0.15) is 0 Å². The maximum Gasteiger partial charge on any atom is 0.282 e. The maximum atomic E-state index is 13.1. The van der Waals surface area contributed by atoms with Gasteiger partial charge >= 0.3 is 0 Å². The zero-order valence-electron chi connectivity index (χ0n) is 21.3. The summed E-state index contributed by atoms with van der Waals surface area (Å²) in [7, 11) is 0. The van der Waals surface area contributed by atoms with Crippen molar-refractivity contribution >= 4 is 29.5 Å². The fourth-order valence-corrected chi connectivity index (χ4v) is 4.21. The van der Waals surface area contributed by atoms with E-state index in [4.69, 9.17) is 14.2 Å². The Morgan fingerprint density at radius 2 is 1.81 bits per heavy atom. The molecular formula is C28H33N3O6. The Bertz CT molecular complexity index is 1160. The Morgan fingerprint density at radius 1 is 1.05 bits per heavy atom. The number of para-hydroxylation sites is 1. The van der Waals surface area contributed by atoms with Gasteiger partial charge in [0.15, 0.2) is 0 Å². The summed E-state index contributed by atoms with van der Waals surface area (Å²) in [6, 6.07) is 12.5. The van der Waals surface area contributed by atoms with Crippen molar-refractivity contribution in [3.8, 4) is 11.5 Å². The van der Waals surface area contributed by atoms with Crippen LogP contribution in [-0.4, -0.2) is 62.1 Å². The van der Waals surface area contributed by atoms with Crippen LogP contribution in [-0.2, 0) is 19.1 Å². The molecular weight excluding hydrogens is 474 g/mol. The molecule has 9 heteroatoms. The molecule has 37 heavy (non-hydrogen) atoms. The number of anilines is 1. The van der Waals surface area contributed by atoms with Crippen LogP contribution in [0.15, 0.2) is 48.0 Å². The molecule has 196 valence electrons. The molecule has 2 aliphatic heterocycles. The van der Waals surface area contributed by atoms with E-state index >= 15 is 0 Å². The van der Waals surface area contributed by atoms with E-state index in [0.717, 1.165) is 12.0 Å². The quantitative estimate of drug-likeness (QED) is 0.301. The molecule has 0 spiro atoms. The summed E-state index contributed by atoms with van der Waals surface area (Å²) >= 11 is 0. The molecule has 2 aromatic rings. The second kappa shape index (κ2) is 12.4. The van der Waals surface area contributed by atoms with E-state index < -0.39 is 11.8 Å². The molecule has 1 N–H and O–H groups in total. The zero-order chi connectivity index (χ0) is 26.2. The molecule has 2 heterocycles. The highest BCUT2D eigenvalue weighted by Gasteiger charge is 2.34. The van der Waals surface area contributed by atoms with Gasteiger partial charge in [-0.25, -0.2) is 5.01 Å². The highest BCUT2D eigenvalue weighted by Crippen LogP contribution is 2.34. The average molecular weight is 508 g/mol. The summed E-state index contributed by atoms with van der Waals surface area (Å²) in [5.74, 6) is 0.359. The molecule has 9 nitrogen and oxygen atoms in total. The van der Waals surface area contributed by atoms with E-state index in [9.17, 15) is 14.4 Å². The summed E-state index contributed by atoms with van der Waals surface area (Å²) in [6.07, 6.45) is 3.31. The lowest BCUT2D eigenvalue weighted by Gasteiger charge is -2.26. The first-order valence-electron chi connectivity index (χ1n) is 12.7. The van der Waals surface area contributed by atoms with Gasteiger partial charge < -0.3 is 19.1 Å². The van der Waals surface area contributed by atoms with Gasteiger partial charge in [0.05, 0.1) is 32.1 Å². The van der Waals surface area contributed by atoms with E-state index in [1.54, 1.807) is 36.4 Å². The summed E-state index contributed by atoms with van der Waals surface area (Å²) < 4.78 is 17.3. The second-order valence-corrected chi connectivity index (χ2v) is 8.88. The van der Waals surface area contributed by atoms with Crippen molar-refractivity contribution in [2.75, 3.05) is 44.5 Å². The molecule has 0 aliphatic carbocycles. The molecule has 0 atom stereocenters. The van der Waals surface area contributed by atoms with Crippen LogP contribution in [0.2, 0.25) is 0 Å². The molecule has 2 saturated heterocycles. The predicted octanol–water partition coefficient (Wildman–Crippen LogP) is 3.26. The lowest BCUT2D eigenvalue weighted by atomic mass is 10.0. The number of rotatable bonds is 10. The van der Waals surface area contributed by atoms with E-state index in [-0.39, 0.29) is 11.5 Å². The Kier molecular flexibility index (Phi) is 8.79. The number of hydrazine groups is 1. The number of nitrogens with one attached hydrogen (secondary N) is 1. The van der Waals surface area contributed by atoms with Crippen LogP contribution < -0.4 is 19.9 Å². The third kappa shape index (κ3) is 6.29. The minimum atomic E-state index is -0.486. The van der Waals surface area contributed by atoms with Crippen LogP contribution >= 0.6 is 0 Å².